The predicted octanol–water partition coefficient (Wildman–Crippen LogP) is 5.67. The van der Waals surface area contributed by atoms with Gasteiger partial charge >= 0.3 is 0 Å². The molecule has 37 heavy (non-hydrogen) atoms. The van der Waals surface area contributed by atoms with Crippen LogP contribution in [0, 0.1) is 0 Å². The molecular weight excluding hydrogens is 526 g/mol. The van der Waals surface area contributed by atoms with Gasteiger partial charge in [-0.3, -0.25) is 19.2 Å². The van der Waals surface area contributed by atoms with Crippen LogP contribution in [-0.4, -0.2) is 57.6 Å². The van der Waals surface area contributed by atoms with Gasteiger partial charge in [-0.2, -0.15) is 0 Å². The van der Waals surface area contributed by atoms with Crippen LogP contribution in [0.1, 0.15) is 5.82 Å². The van der Waals surface area contributed by atoms with E-state index in [0.717, 1.165) is 45.8 Å². The molecule has 0 atom stereocenters. The highest BCUT2D eigenvalue weighted by molar-refractivity contribution is 8.00. The number of halogens is 1. The number of hydrogen-bond acceptors (Lipinski definition) is 7. The number of fused-ring (bicyclic) bond motifs is 2. The van der Waals surface area contributed by atoms with Crippen molar-refractivity contribution in [3.8, 4) is 5.69 Å². The van der Waals surface area contributed by atoms with Crippen LogP contribution in [0.25, 0.3) is 5.69 Å². The molecule has 2 aliphatic rings. The lowest BCUT2D eigenvalue weighted by atomic mass is 10.2. The molecule has 188 valence electrons. The van der Waals surface area contributed by atoms with Crippen molar-refractivity contribution in [3.63, 3.8) is 0 Å². The maximum absolute atomic E-state index is 13.7. The normalized spacial score (nSPS) is 15.3. The van der Waals surface area contributed by atoms with Crippen molar-refractivity contribution in [1.82, 2.24) is 19.7 Å². The van der Waals surface area contributed by atoms with E-state index in [9.17, 15) is 4.79 Å². The quantitative estimate of drug-likeness (QED) is 0.287. The minimum atomic E-state index is -0.00872. The Morgan fingerprint density at radius 2 is 1.57 bits per heavy atom. The maximum atomic E-state index is 13.7. The highest BCUT2D eigenvalue weighted by atomic mass is 35.5. The molecule has 3 heterocycles. The molecule has 0 bridgehead atoms. The first-order valence-corrected chi connectivity index (χ1v) is 14.2. The summed E-state index contributed by atoms with van der Waals surface area (Å²) in [7, 11) is 0. The molecular formula is C27H24ClN5O2S2. The summed E-state index contributed by atoms with van der Waals surface area (Å²) in [6, 6.07) is 23.7. The van der Waals surface area contributed by atoms with Gasteiger partial charge in [-0.05, 0) is 48.5 Å². The van der Waals surface area contributed by atoms with E-state index in [-0.39, 0.29) is 11.7 Å². The molecule has 1 aromatic heterocycles. The van der Waals surface area contributed by atoms with Gasteiger partial charge in [-0.25, -0.2) is 0 Å². The Morgan fingerprint density at radius 3 is 2.24 bits per heavy atom. The van der Waals surface area contributed by atoms with Crippen molar-refractivity contribution >= 4 is 52.4 Å². The molecule has 7 nitrogen and oxygen atoms in total. The van der Waals surface area contributed by atoms with Crippen LogP contribution < -0.4 is 4.90 Å². The molecule has 1 fully saturated rings. The van der Waals surface area contributed by atoms with E-state index in [1.807, 2.05) is 70.1 Å². The third-order valence-corrected chi connectivity index (χ3v) is 8.56. The van der Waals surface area contributed by atoms with Crippen molar-refractivity contribution in [3.05, 3.63) is 83.6 Å². The van der Waals surface area contributed by atoms with E-state index >= 15 is 0 Å². The molecule has 3 aromatic carbocycles. The Morgan fingerprint density at radius 1 is 0.919 bits per heavy atom. The van der Waals surface area contributed by atoms with Gasteiger partial charge in [0.05, 0.1) is 36.9 Å². The number of thioether (sulfide) groups is 1. The number of morpholine rings is 1. The average Bonchev–Trinajstić information content (AvgIpc) is 3.33. The molecule has 0 radical (unpaired) electrons. The molecule has 10 heteroatoms. The average molecular weight is 550 g/mol. The van der Waals surface area contributed by atoms with Crippen LogP contribution in [-0.2, 0) is 16.1 Å². The van der Waals surface area contributed by atoms with Crippen molar-refractivity contribution in [2.24, 2.45) is 0 Å². The zero-order valence-electron chi connectivity index (χ0n) is 19.9. The molecule has 0 spiro atoms. The smallest absolute Gasteiger partial charge is 0.242 e. The van der Waals surface area contributed by atoms with Gasteiger partial charge < -0.3 is 4.74 Å². The lowest BCUT2D eigenvalue weighted by molar-refractivity contribution is -0.115. The summed E-state index contributed by atoms with van der Waals surface area (Å²) in [5.74, 6) is 1.03. The minimum Gasteiger partial charge on any atom is -0.379 e. The number of amides is 1. The number of hydrogen-bond donors (Lipinski definition) is 0. The van der Waals surface area contributed by atoms with E-state index < -0.39 is 0 Å². The second-order valence-corrected chi connectivity index (χ2v) is 11.1. The van der Waals surface area contributed by atoms with E-state index in [0.29, 0.717) is 29.9 Å². The Kier molecular flexibility index (Phi) is 7.21. The van der Waals surface area contributed by atoms with Crippen LogP contribution in [0.2, 0.25) is 5.02 Å². The van der Waals surface area contributed by atoms with E-state index in [2.05, 4.69) is 27.2 Å². The molecule has 2 aliphatic heterocycles. The highest BCUT2D eigenvalue weighted by Gasteiger charge is 2.28. The standard InChI is InChI=1S/C27H24ClN5O2S2/c28-19-9-11-20(12-10-19)32-25(17-31-13-15-35-16-14-31)29-30-27(32)36-18-26(34)33-21-5-1-3-7-23(21)37-24-8-4-2-6-22(24)33/h1-12H,13-18H2. The fraction of sp³-hybridized carbons (Fsp3) is 0.222. The fourth-order valence-electron chi connectivity index (χ4n) is 4.47. The third kappa shape index (κ3) is 5.15. The van der Waals surface area contributed by atoms with Gasteiger partial charge in [0.2, 0.25) is 5.91 Å². The lowest BCUT2D eigenvalue weighted by Crippen LogP contribution is -2.36. The summed E-state index contributed by atoms with van der Waals surface area (Å²) in [6.45, 7) is 3.77. The third-order valence-electron chi connectivity index (χ3n) is 6.26. The van der Waals surface area contributed by atoms with Gasteiger partial charge in [-0.1, -0.05) is 59.4 Å². The Balaban J connectivity index is 1.28. The van der Waals surface area contributed by atoms with E-state index in [4.69, 9.17) is 16.3 Å². The van der Waals surface area contributed by atoms with Crippen molar-refractivity contribution in [2.45, 2.75) is 21.5 Å². The van der Waals surface area contributed by atoms with E-state index in [1.54, 1.807) is 11.8 Å². The van der Waals surface area contributed by atoms with Crippen LogP contribution in [0.5, 0.6) is 0 Å². The molecule has 0 N–H and O–H groups in total. The molecule has 0 aliphatic carbocycles. The first-order valence-electron chi connectivity index (χ1n) is 12.0. The summed E-state index contributed by atoms with van der Waals surface area (Å²) < 4.78 is 7.52. The van der Waals surface area contributed by atoms with Gasteiger partial charge in [0.15, 0.2) is 11.0 Å². The van der Waals surface area contributed by atoms with Crippen LogP contribution in [0.3, 0.4) is 0 Å². The highest BCUT2D eigenvalue weighted by Crippen LogP contribution is 2.48. The molecule has 0 saturated carbocycles. The van der Waals surface area contributed by atoms with Gasteiger partial charge in [-0.15, -0.1) is 10.2 Å². The van der Waals surface area contributed by atoms with Crippen LogP contribution in [0.4, 0.5) is 11.4 Å². The number of carbonyl (C=O) groups is 1. The van der Waals surface area contributed by atoms with Crippen molar-refractivity contribution in [2.75, 3.05) is 37.0 Å². The molecule has 6 rings (SSSR count). The maximum Gasteiger partial charge on any atom is 0.242 e. The number of anilines is 2. The van der Waals surface area contributed by atoms with Crippen molar-refractivity contribution in [1.29, 1.82) is 0 Å². The number of rotatable bonds is 6. The number of aromatic nitrogens is 3. The lowest BCUT2D eigenvalue weighted by Gasteiger charge is -2.31. The van der Waals surface area contributed by atoms with Crippen molar-refractivity contribution < 1.29 is 9.53 Å². The predicted molar refractivity (Wildman–Crippen MR) is 147 cm³/mol. The molecule has 4 aromatic rings. The zero-order chi connectivity index (χ0) is 25.2. The zero-order valence-corrected chi connectivity index (χ0v) is 22.3. The fourth-order valence-corrected chi connectivity index (χ4v) is 6.47. The molecule has 0 unspecified atom stereocenters. The van der Waals surface area contributed by atoms with Crippen LogP contribution >= 0.6 is 35.1 Å². The Labute approximate surface area is 228 Å². The number of benzene rings is 3. The summed E-state index contributed by atoms with van der Waals surface area (Å²) in [6.07, 6.45) is 0. The second kappa shape index (κ2) is 10.9. The first kappa shape index (κ1) is 24.5. The largest absolute Gasteiger partial charge is 0.379 e. The van der Waals surface area contributed by atoms with E-state index in [1.165, 1.54) is 11.8 Å². The number of nitrogens with zero attached hydrogens (tertiary/aromatic N) is 5. The summed E-state index contributed by atoms with van der Waals surface area (Å²) in [4.78, 5) is 20.0. The first-order chi connectivity index (χ1) is 18.2. The SMILES string of the molecule is O=C(CSc1nnc(CN2CCOCC2)n1-c1ccc(Cl)cc1)N1c2ccccc2Sc2ccccc21. The van der Waals surface area contributed by atoms with Gasteiger partial charge in [0.1, 0.15) is 0 Å². The topological polar surface area (TPSA) is 63.5 Å². The monoisotopic (exact) mass is 549 g/mol. The Bertz CT molecular complexity index is 1380. The minimum absolute atomic E-state index is 0.00872. The number of ether oxygens (including phenoxy) is 1. The van der Waals surface area contributed by atoms with Gasteiger partial charge in [0, 0.05) is 33.6 Å². The second-order valence-electron chi connectivity index (χ2n) is 8.65. The van der Waals surface area contributed by atoms with Crippen LogP contribution in [0.15, 0.2) is 87.7 Å². The number of para-hydroxylation sites is 2. The Hall–Kier alpha value is -2.82. The number of carbonyl (C=O) groups excluding carboxylic acids is 1. The molecule has 1 saturated heterocycles. The summed E-state index contributed by atoms with van der Waals surface area (Å²) in [5.41, 5.74) is 2.73. The van der Waals surface area contributed by atoms with Gasteiger partial charge in [0.25, 0.3) is 0 Å². The summed E-state index contributed by atoms with van der Waals surface area (Å²) >= 11 is 9.24. The summed E-state index contributed by atoms with van der Waals surface area (Å²) in [5, 5.41) is 10.4. The molecule has 1 amide bonds.